The minimum absolute atomic E-state index is 0.376. The molecule has 2 atom stereocenters. The summed E-state index contributed by atoms with van der Waals surface area (Å²) >= 11 is 1.32. The SMILES string of the molecule is CCCc1nnc(NC(=O)NC(C)C(O)c2ccc(F)cc2)s1. The predicted molar refractivity (Wildman–Crippen MR) is 86.9 cm³/mol. The van der Waals surface area contributed by atoms with E-state index >= 15 is 0 Å². The summed E-state index contributed by atoms with van der Waals surface area (Å²) in [7, 11) is 0. The monoisotopic (exact) mass is 338 g/mol. The molecular weight excluding hydrogens is 319 g/mol. The highest BCUT2D eigenvalue weighted by Crippen LogP contribution is 2.18. The largest absolute Gasteiger partial charge is 0.386 e. The fourth-order valence-electron chi connectivity index (χ4n) is 1.99. The molecular formula is C15H19FN4O2S. The number of halogens is 1. The van der Waals surface area contributed by atoms with Gasteiger partial charge in [-0.3, -0.25) is 5.32 Å². The summed E-state index contributed by atoms with van der Waals surface area (Å²) in [6.45, 7) is 3.70. The van der Waals surface area contributed by atoms with Gasteiger partial charge in [0.1, 0.15) is 10.8 Å². The van der Waals surface area contributed by atoms with E-state index in [1.54, 1.807) is 6.92 Å². The molecule has 0 fully saturated rings. The Kier molecular flexibility index (Phi) is 6.00. The lowest BCUT2D eigenvalue weighted by molar-refractivity contribution is 0.139. The van der Waals surface area contributed by atoms with Gasteiger partial charge in [0.25, 0.3) is 0 Å². The number of aromatic nitrogens is 2. The number of benzene rings is 1. The lowest BCUT2D eigenvalue weighted by atomic mass is 10.0. The topological polar surface area (TPSA) is 87.1 Å². The summed E-state index contributed by atoms with van der Waals surface area (Å²) in [5, 5.41) is 24.5. The Morgan fingerprint density at radius 3 is 2.70 bits per heavy atom. The molecule has 8 heteroatoms. The molecule has 0 saturated carbocycles. The van der Waals surface area contributed by atoms with Gasteiger partial charge in [-0.2, -0.15) is 0 Å². The van der Waals surface area contributed by atoms with Crippen LogP contribution in [-0.4, -0.2) is 27.4 Å². The third kappa shape index (κ3) is 4.97. The average molecular weight is 338 g/mol. The van der Waals surface area contributed by atoms with Crippen LogP contribution in [0.5, 0.6) is 0 Å². The van der Waals surface area contributed by atoms with Crippen molar-refractivity contribution in [2.45, 2.75) is 38.8 Å². The van der Waals surface area contributed by atoms with Gasteiger partial charge in [0, 0.05) is 6.42 Å². The van der Waals surface area contributed by atoms with E-state index in [1.807, 2.05) is 6.92 Å². The minimum Gasteiger partial charge on any atom is -0.386 e. The zero-order valence-corrected chi connectivity index (χ0v) is 13.7. The normalized spacial score (nSPS) is 13.4. The van der Waals surface area contributed by atoms with E-state index in [2.05, 4.69) is 20.8 Å². The number of nitrogens with zero attached hydrogens (tertiary/aromatic N) is 2. The zero-order chi connectivity index (χ0) is 16.8. The van der Waals surface area contributed by atoms with Crippen LogP contribution in [0.15, 0.2) is 24.3 Å². The van der Waals surface area contributed by atoms with Crippen LogP contribution in [0, 0.1) is 5.82 Å². The molecule has 0 saturated heterocycles. The summed E-state index contributed by atoms with van der Waals surface area (Å²) in [5.74, 6) is -0.376. The number of aryl methyl sites for hydroxylation is 1. The number of hydrogen-bond donors (Lipinski definition) is 3. The molecule has 0 spiro atoms. The fraction of sp³-hybridized carbons (Fsp3) is 0.400. The van der Waals surface area contributed by atoms with Crippen LogP contribution >= 0.6 is 11.3 Å². The summed E-state index contributed by atoms with van der Waals surface area (Å²) in [6.07, 6.45) is 0.842. The van der Waals surface area contributed by atoms with Gasteiger partial charge in [-0.15, -0.1) is 10.2 Å². The van der Waals surface area contributed by atoms with Gasteiger partial charge < -0.3 is 10.4 Å². The van der Waals surface area contributed by atoms with Crippen molar-refractivity contribution >= 4 is 22.5 Å². The Balaban J connectivity index is 1.89. The third-order valence-electron chi connectivity index (χ3n) is 3.20. The standard InChI is InChI=1S/C15H19FN4O2S/c1-3-4-12-19-20-15(23-12)18-14(22)17-9(2)13(21)10-5-7-11(16)8-6-10/h5-9,13,21H,3-4H2,1-2H3,(H2,17,18,20,22). The Labute approximate surface area is 137 Å². The fourth-order valence-corrected chi connectivity index (χ4v) is 2.82. The van der Waals surface area contributed by atoms with Gasteiger partial charge in [-0.05, 0) is 31.0 Å². The Hall–Kier alpha value is -2.06. The Morgan fingerprint density at radius 2 is 2.04 bits per heavy atom. The first-order valence-corrected chi connectivity index (χ1v) is 8.14. The lowest BCUT2D eigenvalue weighted by Crippen LogP contribution is -2.39. The quantitative estimate of drug-likeness (QED) is 0.756. The van der Waals surface area contributed by atoms with Crippen LogP contribution in [0.3, 0.4) is 0 Å². The van der Waals surface area contributed by atoms with Crippen molar-refractivity contribution < 1.29 is 14.3 Å². The summed E-state index contributed by atoms with van der Waals surface area (Å²) in [6, 6.07) is 4.47. The second-order valence-electron chi connectivity index (χ2n) is 5.13. The van der Waals surface area contributed by atoms with E-state index in [9.17, 15) is 14.3 Å². The molecule has 2 amide bonds. The number of anilines is 1. The van der Waals surface area contributed by atoms with Crippen molar-refractivity contribution in [1.82, 2.24) is 15.5 Å². The number of hydrogen-bond acceptors (Lipinski definition) is 5. The molecule has 2 unspecified atom stereocenters. The number of amides is 2. The molecule has 2 rings (SSSR count). The van der Waals surface area contributed by atoms with E-state index in [1.165, 1.54) is 35.6 Å². The van der Waals surface area contributed by atoms with E-state index in [4.69, 9.17) is 0 Å². The van der Waals surface area contributed by atoms with E-state index in [0.29, 0.717) is 10.7 Å². The van der Waals surface area contributed by atoms with Crippen molar-refractivity contribution in [2.75, 3.05) is 5.32 Å². The maximum Gasteiger partial charge on any atom is 0.321 e. The molecule has 0 aliphatic rings. The number of carbonyl (C=O) groups excluding carboxylic acids is 1. The average Bonchev–Trinajstić information content (AvgIpc) is 2.94. The van der Waals surface area contributed by atoms with Crippen molar-refractivity contribution in [3.8, 4) is 0 Å². The van der Waals surface area contributed by atoms with Crippen LogP contribution in [0.1, 0.15) is 36.9 Å². The Bertz CT molecular complexity index is 647. The van der Waals surface area contributed by atoms with Crippen LogP contribution in [0.2, 0.25) is 0 Å². The van der Waals surface area contributed by atoms with Crippen molar-refractivity contribution in [1.29, 1.82) is 0 Å². The molecule has 23 heavy (non-hydrogen) atoms. The predicted octanol–water partition coefficient (Wildman–Crippen LogP) is 2.87. The molecule has 1 heterocycles. The van der Waals surface area contributed by atoms with E-state index < -0.39 is 18.2 Å². The summed E-state index contributed by atoms with van der Waals surface area (Å²) < 4.78 is 12.9. The zero-order valence-electron chi connectivity index (χ0n) is 12.9. The highest BCUT2D eigenvalue weighted by atomic mass is 32.1. The highest BCUT2D eigenvalue weighted by molar-refractivity contribution is 7.15. The van der Waals surface area contributed by atoms with Gasteiger partial charge in [0.2, 0.25) is 5.13 Å². The second kappa shape index (κ2) is 7.98. The number of rotatable bonds is 6. The molecule has 1 aromatic carbocycles. The molecule has 124 valence electrons. The molecule has 0 radical (unpaired) electrons. The third-order valence-corrected chi connectivity index (χ3v) is 4.09. The molecule has 0 bridgehead atoms. The number of aliphatic hydroxyl groups excluding tert-OH is 1. The molecule has 1 aromatic heterocycles. The van der Waals surface area contributed by atoms with Gasteiger partial charge in [0.05, 0.1) is 12.1 Å². The molecule has 2 aromatic rings. The number of nitrogens with one attached hydrogen (secondary N) is 2. The van der Waals surface area contributed by atoms with Crippen LogP contribution in [0.25, 0.3) is 0 Å². The number of urea groups is 1. The molecule has 0 aliphatic carbocycles. The first-order chi connectivity index (χ1) is 11.0. The van der Waals surface area contributed by atoms with Crippen LogP contribution in [0.4, 0.5) is 14.3 Å². The summed E-state index contributed by atoms with van der Waals surface area (Å²) in [5.41, 5.74) is 0.528. The van der Waals surface area contributed by atoms with Gasteiger partial charge in [0.15, 0.2) is 0 Å². The van der Waals surface area contributed by atoms with Gasteiger partial charge in [-0.1, -0.05) is 30.4 Å². The molecule has 6 nitrogen and oxygen atoms in total. The van der Waals surface area contributed by atoms with E-state index in [-0.39, 0.29) is 5.82 Å². The lowest BCUT2D eigenvalue weighted by Gasteiger charge is -2.20. The van der Waals surface area contributed by atoms with Gasteiger partial charge >= 0.3 is 6.03 Å². The number of aliphatic hydroxyl groups is 1. The first-order valence-electron chi connectivity index (χ1n) is 7.33. The minimum atomic E-state index is -0.938. The maximum absolute atomic E-state index is 12.9. The molecule has 3 N–H and O–H groups in total. The van der Waals surface area contributed by atoms with Crippen molar-refractivity contribution in [3.05, 3.63) is 40.7 Å². The highest BCUT2D eigenvalue weighted by Gasteiger charge is 2.19. The number of carbonyl (C=O) groups is 1. The molecule has 0 aliphatic heterocycles. The first kappa shape index (κ1) is 17.3. The van der Waals surface area contributed by atoms with Crippen molar-refractivity contribution in [2.24, 2.45) is 0 Å². The van der Waals surface area contributed by atoms with Gasteiger partial charge in [-0.25, -0.2) is 9.18 Å². The summed E-state index contributed by atoms with van der Waals surface area (Å²) in [4.78, 5) is 11.9. The second-order valence-corrected chi connectivity index (χ2v) is 6.20. The van der Waals surface area contributed by atoms with Crippen molar-refractivity contribution in [3.63, 3.8) is 0 Å². The van der Waals surface area contributed by atoms with Crippen LogP contribution < -0.4 is 10.6 Å². The smallest absolute Gasteiger partial charge is 0.321 e. The maximum atomic E-state index is 12.9. The van der Waals surface area contributed by atoms with Crippen LogP contribution in [-0.2, 0) is 6.42 Å². The van der Waals surface area contributed by atoms with E-state index in [0.717, 1.165) is 17.8 Å². The Morgan fingerprint density at radius 1 is 1.35 bits per heavy atom.